The zero-order chi connectivity index (χ0) is 8.69. The monoisotopic (exact) mass is 162 g/mol. The summed E-state index contributed by atoms with van der Waals surface area (Å²) in [5.74, 6) is -0.702. The van der Waals surface area contributed by atoms with Crippen molar-refractivity contribution in [2.75, 3.05) is 13.2 Å². The highest BCUT2D eigenvalue weighted by Crippen LogP contribution is 1.91. The van der Waals surface area contributed by atoms with Gasteiger partial charge in [-0.15, -0.1) is 0 Å². The van der Waals surface area contributed by atoms with Crippen LogP contribution in [0.4, 0.5) is 0 Å². The highest BCUT2D eigenvalue weighted by Gasteiger charge is 1.95. The fourth-order valence-corrected chi connectivity index (χ4v) is 0.335. The van der Waals surface area contributed by atoms with Crippen molar-refractivity contribution in [3.8, 4) is 0 Å². The molecule has 0 aromatic heterocycles. The molecule has 5 nitrogen and oxygen atoms in total. The third kappa shape index (κ3) is 5.10. The summed E-state index contributed by atoms with van der Waals surface area (Å²) in [6, 6.07) is 0. The second-order valence-electron chi connectivity index (χ2n) is 1.73. The van der Waals surface area contributed by atoms with E-state index in [0.717, 1.165) is 0 Å². The summed E-state index contributed by atoms with van der Waals surface area (Å²) in [5.41, 5.74) is 0. The average molecular weight is 162 g/mol. The van der Waals surface area contributed by atoms with Gasteiger partial charge in [-0.3, -0.25) is 0 Å². The fraction of sp³-hybridized carbons (Fsp3) is 0.333. The van der Waals surface area contributed by atoms with E-state index in [1.807, 2.05) is 0 Å². The number of ether oxygens (including phenoxy) is 1. The maximum Gasteiger partial charge on any atom is 0.152 e. The van der Waals surface area contributed by atoms with Crippen LogP contribution in [0.15, 0.2) is 24.0 Å². The first-order valence-electron chi connectivity index (χ1n) is 2.83. The van der Waals surface area contributed by atoms with Crippen molar-refractivity contribution < 1.29 is 25.2 Å². The number of aliphatic hydroxyl groups excluding tert-OH is 4. The molecule has 11 heavy (non-hydrogen) atoms. The van der Waals surface area contributed by atoms with Crippen LogP contribution in [0.5, 0.6) is 0 Å². The summed E-state index contributed by atoms with van der Waals surface area (Å²) < 4.78 is 4.58. The van der Waals surface area contributed by atoms with Gasteiger partial charge in [0.2, 0.25) is 0 Å². The van der Waals surface area contributed by atoms with Crippen molar-refractivity contribution in [1.29, 1.82) is 0 Å². The molecule has 5 heteroatoms. The largest absolute Gasteiger partial charge is 0.512 e. The molecule has 0 atom stereocenters. The van der Waals surface area contributed by atoms with Gasteiger partial charge >= 0.3 is 0 Å². The Labute approximate surface area is 63.5 Å². The van der Waals surface area contributed by atoms with Crippen molar-refractivity contribution in [1.82, 2.24) is 0 Å². The number of hydrogen-bond acceptors (Lipinski definition) is 5. The predicted octanol–water partition coefficient (Wildman–Crippen LogP) is 0.918. The molecule has 0 bridgehead atoms. The molecular weight excluding hydrogens is 152 g/mol. The van der Waals surface area contributed by atoms with Gasteiger partial charge in [-0.1, -0.05) is 0 Å². The van der Waals surface area contributed by atoms with Crippen molar-refractivity contribution in [2.45, 2.75) is 0 Å². The Kier molecular flexibility index (Phi) is 4.76. The van der Waals surface area contributed by atoms with Gasteiger partial charge < -0.3 is 25.2 Å². The molecule has 0 aliphatic heterocycles. The molecule has 0 aromatic rings. The molecule has 0 aromatic carbocycles. The van der Waals surface area contributed by atoms with E-state index in [1.165, 1.54) is 0 Å². The second kappa shape index (κ2) is 5.43. The van der Waals surface area contributed by atoms with Crippen LogP contribution in [0.1, 0.15) is 0 Å². The Bertz CT molecular complexity index is 142. The van der Waals surface area contributed by atoms with Gasteiger partial charge in [-0.25, -0.2) is 0 Å². The van der Waals surface area contributed by atoms with Crippen molar-refractivity contribution in [3.05, 3.63) is 24.0 Å². The van der Waals surface area contributed by atoms with Gasteiger partial charge in [0.1, 0.15) is 25.7 Å². The number of rotatable bonds is 4. The number of hydrogen-bond donors (Lipinski definition) is 4. The van der Waals surface area contributed by atoms with E-state index in [0.29, 0.717) is 12.5 Å². The van der Waals surface area contributed by atoms with Crippen LogP contribution in [0.2, 0.25) is 0 Å². The minimum absolute atomic E-state index is 0.214. The van der Waals surface area contributed by atoms with E-state index >= 15 is 0 Å². The summed E-state index contributed by atoms with van der Waals surface area (Å²) in [5, 5.41) is 33.4. The summed E-state index contributed by atoms with van der Waals surface area (Å²) in [4.78, 5) is 0. The molecule has 0 rings (SSSR count). The van der Waals surface area contributed by atoms with Crippen LogP contribution in [-0.2, 0) is 4.74 Å². The molecule has 0 amide bonds. The standard InChI is InChI=1S/C6H10O5/c7-1-5(9)3-11-4-6(10)2-8/h1-2,7-10H,3-4H2. The van der Waals surface area contributed by atoms with E-state index in [-0.39, 0.29) is 24.7 Å². The first-order valence-corrected chi connectivity index (χ1v) is 2.83. The van der Waals surface area contributed by atoms with E-state index in [1.54, 1.807) is 0 Å². The number of aliphatic hydroxyl groups is 4. The molecule has 64 valence electrons. The smallest absolute Gasteiger partial charge is 0.152 e. The molecule has 0 heterocycles. The molecule has 0 saturated heterocycles. The van der Waals surface area contributed by atoms with Crippen LogP contribution in [0, 0.1) is 0 Å². The molecule has 4 N–H and O–H groups in total. The summed E-state index contributed by atoms with van der Waals surface area (Å²) >= 11 is 0. The second-order valence-corrected chi connectivity index (χ2v) is 1.73. The Morgan fingerprint density at radius 1 is 1.00 bits per heavy atom. The van der Waals surface area contributed by atoms with Crippen molar-refractivity contribution in [3.63, 3.8) is 0 Å². The molecule has 0 fully saturated rings. The van der Waals surface area contributed by atoms with Crippen LogP contribution >= 0.6 is 0 Å². The lowest BCUT2D eigenvalue weighted by Crippen LogP contribution is -2.01. The predicted molar refractivity (Wildman–Crippen MR) is 37.5 cm³/mol. The van der Waals surface area contributed by atoms with E-state index in [2.05, 4.69) is 4.74 Å². The maximum absolute atomic E-state index is 8.57. The first kappa shape index (κ1) is 9.64. The Hall–Kier alpha value is -1.36. The minimum Gasteiger partial charge on any atom is -0.512 e. The van der Waals surface area contributed by atoms with Crippen molar-refractivity contribution in [2.24, 2.45) is 0 Å². The van der Waals surface area contributed by atoms with Gasteiger partial charge in [0.15, 0.2) is 11.5 Å². The van der Waals surface area contributed by atoms with Gasteiger partial charge in [0.05, 0.1) is 0 Å². The summed E-state index contributed by atoms with van der Waals surface area (Å²) in [6.07, 6.45) is 0.972. The van der Waals surface area contributed by atoms with Crippen LogP contribution in [-0.4, -0.2) is 33.6 Å². The highest BCUT2D eigenvalue weighted by molar-refractivity contribution is 4.86. The molecule has 0 unspecified atom stereocenters. The molecular formula is C6H10O5. The van der Waals surface area contributed by atoms with Gasteiger partial charge in [0, 0.05) is 0 Å². The lowest BCUT2D eigenvalue weighted by atomic mass is 10.5. The summed E-state index contributed by atoms with van der Waals surface area (Å²) in [6.45, 7) is -0.428. The lowest BCUT2D eigenvalue weighted by molar-refractivity contribution is 0.116. The quantitative estimate of drug-likeness (QED) is 0.461. The van der Waals surface area contributed by atoms with Crippen LogP contribution in [0.3, 0.4) is 0 Å². The third-order valence-corrected chi connectivity index (χ3v) is 0.798. The van der Waals surface area contributed by atoms with E-state index in [9.17, 15) is 0 Å². The van der Waals surface area contributed by atoms with Crippen LogP contribution in [0.25, 0.3) is 0 Å². The highest BCUT2D eigenvalue weighted by atomic mass is 16.5. The zero-order valence-corrected chi connectivity index (χ0v) is 5.77. The minimum atomic E-state index is -0.351. The van der Waals surface area contributed by atoms with Crippen LogP contribution < -0.4 is 0 Å². The lowest BCUT2D eigenvalue weighted by Gasteiger charge is -2.00. The fourth-order valence-electron chi connectivity index (χ4n) is 0.335. The Morgan fingerprint density at radius 2 is 1.36 bits per heavy atom. The Balaban J connectivity index is 3.43. The molecule has 0 aliphatic rings. The van der Waals surface area contributed by atoms with Gasteiger partial charge in [-0.05, 0) is 0 Å². The van der Waals surface area contributed by atoms with Crippen molar-refractivity contribution >= 4 is 0 Å². The Morgan fingerprint density at radius 3 is 1.64 bits per heavy atom. The molecule has 0 radical (unpaired) electrons. The summed E-state index contributed by atoms with van der Waals surface area (Å²) in [7, 11) is 0. The SMILES string of the molecule is OC=C(O)COCC(O)=CO. The maximum atomic E-state index is 8.57. The normalized spacial score (nSPS) is 13.5. The van der Waals surface area contributed by atoms with E-state index in [4.69, 9.17) is 20.4 Å². The molecule has 0 spiro atoms. The zero-order valence-electron chi connectivity index (χ0n) is 5.77. The first-order chi connectivity index (χ1) is 5.20. The average Bonchev–Trinajstić information content (AvgIpc) is 2.04. The molecule has 0 aliphatic carbocycles. The molecule has 0 saturated carbocycles. The topological polar surface area (TPSA) is 90.2 Å². The van der Waals surface area contributed by atoms with Gasteiger partial charge in [-0.2, -0.15) is 0 Å². The van der Waals surface area contributed by atoms with E-state index < -0.39 is 0 Å². The third-order valence-electron chi connectivity index (χ3n) is 0.798. The van der Waals surface area contributed by atoms with Gasteiger partial charge in [0.25, 0.3) is 0 Å².